The molecule has 0 aromatic rings. The molecule has 0 saturated heterocycles. The summed E-state index contributed by atoms with van der Waals surface area (Å²) in [6, 6.07) is -0.446. The Morgan fingerprint density at radius 2 is 2.06 bits per heavy atom. The molecule has 16 heavy (non-hydrogen) atoms. The van der Waals surface area contributed by atoms with Crippen molar-refractivity contribution in [3.8, 4) is 0 Å². The molecular weight excluding hydrogens is 212 g/mol. The Bertz CT molecular complexity index is 190. The summed E-state index contributed by atoms with van der Waals surface area (Å²) in [4.78, 5) is 10.7. The molecule has 2 atom stereocenters. The molecule has 0 aromatic heterocycles. The largest absolute Gasteiger partial charge is 0.389 e. The quantitative estimate of drug-likeness (QED) is 0.416. The van der Waals surface area contributed by atoms with E-state index in [9.17, 15) is 9.90 Å². The zero-order valence-electron chi connectivity index (χ0n) is 9.94. The molecule has 4 N–H and O–H groups in total. The van der Waals surface area contributed by atoms with Crippen LogP contribution in [0.25, 0.3) is 0 Å². The van der Waals surface area contributed by atoms with E-state index in [2.05, 4.69) is 5.32 Å². The monoisotopic (exact) mass is 234 g/mol. The highest BCUT2D eigenvalue weighted by molar-refractivity contribution is 5.79. The van der Waals surface area contributed by atoms with Gasteiger partial charge in [0.1, 0.15) is 0 Å². The summed E-state index contributed by atoms with van der Waals surface area (Å²) in [5.74, 6) is -0.440. The molecule has 0 aliphatic heterocycles. The van der Waals surface area contributed by atoms with Crippen LogP contribution >= 0.6 is 0 Å². The van der Waals surface area contributed by atoms with Gasteiger partial charge in [0.2, 0.25) is 5.91 Å². The molecule has 0 rings (SSSR count). The van der Waals surface area contributed by atoms with Crippen LogP contribution in [0.1, 0.15) is 13.8 Å². The number of aliphatic hydroxyl groups excluding tert-OH is 1. The fourth-order valence-electron chi connectivity index (χ4n) is 0.954. The van der Waals surface area contributed by atoms with Gasteiger partial charge in [-0.25, -0.2) is 0 Å². The topological polar surface area (TPSA) is 93.8 Å². The van der Waals surface area contributed by atoms with Crippen LogP contribution in [-0.2, 0) is 14.3 Å². The molecule has 0 heterocycles. The van der Waals surface area contributed by atoms with Crippen LogP contribution < -0.4 is 11.1 Å². The zero-order chi connectivity index (χ0) is 12.4. The van der Waals surface area contributed by atoms with Gasteiger partial charge in [-0.3, -0.25) is 4.79 Å². The van der Waals surface area contributed by atoms with Crippen LogP contribution in [0, 0.1) is 0 Å². The summed E-state index contributed by atoms with van der Waals surface area (Å²) >= 11 is 0. The second-order valence-electron chi connectivity index (χ2n) is 3.46. The van der Waals surface area contributed by atoms with Crippen molar-refractivity contribution in [2.24, 2.45) is 5.73 Å². The lowest BCUT2D eigenvalue weighted by molar-refractivity contribution is -0.119. The Balaban J connectivity index is 3.37. The van der Waals surface area contributed by atoms with Gasteiger partial charge in [-0.2, -0.15) is 0 Å². The van der Waals surface area contributed by atoms with Crippen molar-refractivity contribution in [2.75, 3.05) is 33.0 Å². The lowest BCUT2D eigenvalue weighted by Crippen LogP contribution is -2.43. The average molecular weight is 234 g/mol. The fourth-order valence-corrected chi connectivity index (χ4v) is 0.954. The van der Waals surface area contributed by atoms with E-state index in [0.717, 1.165) is 0 Å². The van der Waals surface area contributed by atoms with Crippen molar-refractivity contribution >= 4 is 5.91 Å². The minimum atomic E-state index is -0.650. The van der Waals surface area contributed by atoms with Crippen molar-refractivity contribution in [2.45, 2.75) is 26.0 Å². The first-order valence-corrected chi connectivity index (χ1v) is 5.44. The van der Waals surface area contributed by atoms with Gasteiger partial charge in [-0.1, -0.05) is 0 Å². The van der Waals surface area contributed by atoms with Gasteiger partial charge < -0.3 is 25.6 Å². The maximum absolute atomic E-state index is 10.7. The predicted molar refractivity (Wildman–Crippen MR) is 60.0 cm³/mol. The van der Waals surface area contributed by atoms with E-state index >= 15 is 0 Å². The number of carbonyl (C=O) groups is 1. The van der Waals surface area contributed by atoms with E-state index in [4.69, 9.17) is 15.2 Å². The van der Waals surface area contributed by atoms with Gasteiger partial charge >= 0.3 is 0 Å². The second kappa shape index (κ2) is 9.53. The Labute approximate surface area is 96.1 Å². The smallest absolute Gasteiger partial charge is 0.234 e. The first-order valence-electron chi connectivity index (χ1n) is 5.44. The van der Waals surface area contributed by atoms with E-state index < -0.39 is 18.1 Å². The number of hydrogen-bond donors (Lipinski definition) is 3. The minimum absolute atomic E-state index is 0.214. The Morgan fingerprint density at radius 3 is 2.62 bits per heavy atom. The first kappa shape index (κ1) is 15.3. The van der Waals surface area contributed by atoms with E-state index in [1.54, 1.807) is 6.92 Å². The molecule has 0 radical (unpaired) electrons. The standard InChI is InChI=1S/C10H22N2O4/c1-3-15-4-5-16-7-9(13)6-12-8(2)10(11)14/h8-9,12-13H,3-7H2,1-2H3,(H2,11,14). The molecule has 0 bridgehead atoms. The van der Waals surface area contributed by atoms with Crippen LogP contribution in [0.4, 0.5) is 0 Å². The van der Waals surface area contributed by atoms with Crippen LogP contribution in [0.15, 0.2) is 0 Å². The first-order chi connectivity index (χ1) is 7.57. The number of nitrogens with two attached hydrogens (primary N) is 1. The van der Waals surface area contributed by atoms with Crippen molar-refractivity contribution in [1.29, 1.82) is 0 Å². The Morgan fingerprint density at radius 1 is 1.44 bits per heavy atom. The molecule has 0 aliphatic rings. The number of aliphatic hydroxyl groups is 1. The number of hydrogen-bond acceptors (Lipinski definition) is 5. The Hall–Kier alpha value is -0.690. The highest BCUT2D eigenvalue weighted by atomic mass is 16.5. The fraction of sp³-hybridized carbons (Fsp3) is 0.900. The number of primary amides is 1. The van der Waals surface area contributed by atoms with Gasteiger partial charge in [-0.05, 0) is 13.8 Å². The number of rotatable bonds is 10. The van der Waals surface area contributed by atoms with E-state index in [0.29, 0.717) is 19.8 Å². The molecule has 6 nitrogen and oxygen atoms in total. The van der Waals surface area contributed by atoms with Crippen LogP contribution in [-0.4, -0.2) is 56.1 Å². The molecule has 2 unspecified atom stereocenters. The molecule has 1 amide bonds. The van der Waals surface area contributed by atoms with Crippen molar-refractivity contribution in [1.82, 2.24) is 5.32 Å². The molecule has 0 fully saturated rings. The van der Waals surface area contributed by atoms with Gasteiger partial charge in [0.05, 0.1) is 32.0 Å². The Kier molecular flexibility index (Phi) is 9.12. The SMILES string of the molecule is CCOCCOCC(O)CNC(C)C(N)=O. The number of nitrogens with one attached hydrogen (secondary N) is 1. The minimum Gasteiger partial charge on any atom is -0.389 e. The van der Waals surface area contributed by atoms with E-state index in [1.807, 2.05) is 6.92 Å². The van der Waals surface area contributed by atoms with Crippen LogP contribution in [0.5, 0.6) is 0 Å². The highest BCUT2D eigenvalue weighted by Crippen LogP contribution is 1.87. The summed E-state index contributed by atoms with van der Waals surface area (Å²) in [6.07, 6.45) is -0.650. The summed E-state index contributed by atoms with van der Waals surface area (Å²) in [7, 11) is 0. The van der Waals surface area contributed by atoms with Gasteiger partial charge in [0.15, 0.2) is 0 Å². The predicted octanol–water partition coefficient (Wildman–Crippen LogP) is -1.14. The number of amides is 1. The third-order valence-electron chi connectivity index (χ3n) is 1.97. The third-order valence-corrected chi connectivity index (χ3v) is 1.97. The maximum atomic E-state index is 10.7. The summed E-state index contributed by atoms with van der Waals surface area (Å²) < 4.78 is 10.2. The zero-order valence-corrected chi connectivity index (χ0v) is 9.94. The number of carbonyl (C=O) groups excluding carboxylic acids is 1. The van der Waals surface area contributed by atoms with Crippen molar-refractivity contribution in [3.63, 3.8) is 0 Å². The summed E-state index contributed by atoms with van der Waals surface area (Å²) in [6.45, 7) is 5.67. The van der Waals surface area contributed by atoms with Crippen molar-refractivity contribution in [3.05, 3.63) is 0 Å². The lowest BCUT2D eigenvalue weighted by Gasteiger charge is -2.14. The average Bonchev–Trinajstić information content (AvgIpc) is 2.25. The molecule has 0 saturated carbocycles. The van der Waals surface area contributed by atoms with Crippen molar-refractivity contribution < 1.29 is 19.4 Å². The molecule has 96 valence electrons. The van der Waals surface area contributed by atoms with Crippen LogP contribution in [0.3, 0.4) is 0 Å². The molecule has 0 aromatic carbocycles. The van der Waals surface area contributed by atoms with Gasteiger partial charge in [0.25, 0.3) is 0 Å². The number of ether oxygens (including phenoxy) is 2. The summed E-state index contributed by atoms with van der Waals surface area (Å²) in [5, 5.41) is 12.3. The maximum Gasteiger partial charge on any atom is 0.234 e. The molecule has 6 heteroatoms. The molecule has 0 spiro atoms. The van der Waals surface area contributed by atoms with E-state index in [1.165, 1.54) is 0 Å². The molecular formula is C10H22N2O4. The van der Waals surface area contributed by atoms with Crippen LogP contribution in [0.2, 0.25) is 0 Å². The summed E-state index contributed by atoms with van der Waals surface area (Å²) in [5.41, 5.74) is 5.05. The third kappa shape index (κ3) is 8.60. The van der Waals surface area contributed by atoms with Gasteiger partial charge in [-0.15, -0.1) is 0 Å². The normalized spacial score (nSPS) is 14.7. The van der Waals surface area contributed by atoms with E-state index in [-0.39, 0.29) is 13.2 Å². The lowest BCUT2D eigenvalue weighted by atomic mass is 10.3. The van der Waals surface area contributed by atoms with Gasteiger partial charge in [0, 0.05) is 13.2 Å². The highest BCUT2D eigenvalue weighted by Gasteiger charge is 2.10. The molecule has 0 aliphatic carbocycles. The second-order valence-corrected chi connectivity index (χ2v) is 3.46.